The molecule has 0 saturated heterocycles. The molecule has 148 valence electrons. The minimum atomic E-state index is -0.0385. The van der Waals surface area contributed by atoms with Crippen LogP contribution in [0.15, 0.2) is 66.7 Å². The minimum Gasteiger partial charge on any atom is -1.00 e. The maximum Gasteiger partial charge on any atom is 4.00 e. The van der Waals surface area contributed by atoms with E-state index in [0.717, 1.165) is 11.1 Å². The third-order valence-corrected chi connectivity index (χ3v) is 7.00. The van der Waals surface area contributed by atoms with Gasteiger partial charge in [-0.25, -0.2) is 0 Å². The molecule has 2 aromatic carbocycles. The van der Waals surface area contributed by atoms with Crippen molar-refractivity contribution in [1.29, 1.82) is 0 Å². The molecule has 2 nitrogen and oxygen atoms in total. The molecule has 0 amide bonds. The van der Waals surface area contributed by atoms with Crippen molar-refractivity contribution >= 4 is 55.8 Å². The molecule has 2 heterocycles. The van der Waals surface area contributed by atoms with Crippen molar-refractivity contribution in [1.82, 2.24) is 0 Å². The van der Waals surface area contributed by atoms with E-state index in [1.54, 1.807) is 11.8 Å². The minimum absolute atomic E-state index is 0. The van der Waals surface area contributed by atoms with E-state index in [9.17, 15) is 0 Å². The zero-order chi connectivity index (χ0) is 18.1. The summed E-state index contributed by atoms with van der Waals surface area (Å²) in [5.41, 5.74) is 7.01. The zero-order valence-corrected chi connectivity index (χ0v) is 23.0. The molecular weight excluding hydrogens is 650 g/mol. The van der Waals surface area contributed by atoms with Gasteiger partial charge >= 0.3 is 26.2 Å². The average molecular weight is 660 g/mol. The number of hydrogen-bond acceptors (Lipinski definition) is 3. The summed E-state index contributed by atoms with van der Waals surface area (Å²) < 4.78 is 13.1. The van der Waals surface area contributed by atoms with Gasteiger partial charge in [-0.2, -0.15) is 35.5 Å². The molecule has 0 bridgehead atoms. The van der Waals surface area contributed by atoms with Gasteiger partial charge in [0.25, 0.3) is 0 Å². The first-order chi connectivity index (χ1) is 13.2. The first kappa shape index (κ1) is 24.4. The molecule has 0 radical (unpaired) electrons. The van der Waals surface area contributed by atoms with E-state index in [0.29, 0.717) is 9.34 Å². The Kier molecular flexibility index (Phi) is 7.59. The molecule has 0 fully saturated rings. The monoisotopic (exact) mass is 656 g/mol. The van der Waals surface area contributed by atoms with Crippen molar-refractivity contribution in [2.45, 2.75) is 22.0 Å². The Morgan fingerprint density at radius 2 is 1.17 bits per heavy atom. The second kappa shape index (κ2) is 9.33. The molecule has 0 N–H and O–H groups in total. The van der Waals surface area contributed by atoms with Crippen molar-refractivity contribution in [3.05, 3.63) is 91.3 Å². The number of fused-ring (bicyclic) bond motifs is 6. The fourth-order valence-corrected chi connectivity index (χ4v) is 5.87. The average Bonchev–Trinajstić information content (AvgIpc) is 3.35. The maximum atomic E-state index is 5.85. The van der Waals surface area contributed by atoms with Crippen LogP contribution in [0.3, 0.4) is 0 Å². The van der Waals surface area contributed by atoms with E-state index >= 15 is 0 Å². The summed E-state index contributed by atoms with van der Waals surface area (Å²) in [5, 5.41) is 0. The summed E-state index contributed by atoms with van der Waals surface area (Å²) in [6, 6.07) is 12.8. The maximum absolute atomic E-state index is 5.85. The van der Waals surface area contributed by atoms with Crippen LogP contribution >= 0.6 is 43.6 Å². The molecule has 30 heavy (non-hydrogen) atoms. The van der Waals surface area contributed by atoms with Crippen LogP contribution < -0.4 is 24.8 Å². The van der Waals surface area contributed by atoms with E-state index in [-0.39, 0.29) is 63.2 Å². The van der Waals surface area contributed by atoms with Crippen molar-refractivity contribution in [3.63, 3.8) is 0 Å². The molecule has 2 unspecified atom stereocenters. The second-order valence-electron chi connectivity index (χ2n) is 6.61. The molecule has 2 aromatic rings. The molecule has 8 heteroatoms. The topological polar surface area (TPSA) is 18.5 Å². The number of halogens is 4. The molecule has 2 atom stereocenters. The molecule has 0 aromatic heterocycles. The van der Waals surface area contributed by atoms with Gasteiger partial charge in [0.1, 0.15) is 12.2 Å². The third-order valence-electron chi connectivity index (χ3n) is 5.08. The van der Waals surface area contributed by atoms with Gasteiger partial charge in [-0.1, -0.05) is 47.2 Å². The van der Waals surface area contributed by atoms with E-state index in [4.69, 9.17) is 9.47 Å². The molecule has 2 aliphatic heterocycles. The van der Waals surface area contributed by atoms with Crippen molar-refractivity contribution in [2.75, 3.05) is 0 Å². The van der Waals surface area contributed by atoms with Crippen molar-refractivity contribution in [2.24, 2.45) is 0 Å². The van der Waals surface area contributed by atoms with Gasteiger partial charge in [0.05, 0.1) is 9.34 Å². The van der Waals surface area contributed by atoms with E-state index in [1.807, 2.05) is 0 Å². The summed E-state index contributed by atoms with van der Waals surface area (Å²) in [7, 11) is 0. The van der Waals surface area contributed by atoms with Crippen LogP contribution in [0.25, 0.3) is 12.2 Å². The number of hydrogen-bond donors (Lipinski definition) is 0. The summed E-state index contributed by atoms with van der Waals surface area (Å²) in [5.74, 6) is 0. The quantitative estimate of drug-likeness (QED) is 0.446. The van der Waals surface area contributed by atoms with E-state index in [1.165, 1.54) is 32.0 Å². The van der Waals surface area contributed by atoms with Gasteiger partial charge in [-0.15, -0.1) is 0 Å². The zero-order valence-electron chi connectivity index (χ0n) is 15.0. The molecule has 6 rings (SSSR count). The summed E-state index contributed by atoms with van der Waals surface area (Å²) in [4.78, 5) is 2.45. The van der Waals surface area contributed by atoms with Gasteiger partial charge in [0.2, 0.25) is 0 Å². The van der Waals surface area contributed by atoms with Gasteiger partial charge < -0.3 is 34.3 Å². The Hall–Kier alpha value is -0.227. The number of benzene rings is 2. The van der Waals surface area contributed by atoms with Crippen LogP contribution in [0.5, 0.6) is 0 Å². The number of ether oxygens (including phenoxy) is 2. The van der Waals surface area contributed by atoms with Crippen LogP contribution in [0, 0.1) is 12.2 Å². The Labute approximate surface area is 227 Å². The Morgan fingerprint density at radius 3 is 1.60 bits per heavy atom. The summed E-state index contributed by atoms with van der Waals surface area (Å²) in [6.45, 7) is 0. The fraction of sp³-hybridized carbons (Fsp3) is 0.0909. The van der Waals surface area contributed by atoms with Crippen LogP contribution in [0.1, 0.15) is 34.5 Å². The summed E-state index contributed by atoms with van der Waals surface area (Å²) in [6.07, 6.45) is 10.8. The Bertz CT molecular complexity index is 1070. The van der Waals surface area contributed by atoms with Crippen LogP contribution in [-0.4, -0.2) is 0 Å². The smallest absolute Gasteiger partial charge is 1.00 e. The predicted molar refractivity (Wildman–Crippen MR) is 112 cm³/mol. The SMILES string of the molecule is BrC1=[C-]C2=Cc3c(Sc4cccc5c4C=C4[C-]=C(Br)OC45)cccc3C2O1.[Cl-].[Cl-].[Zr+4]. The first-order valence-electron chi connectivity index (χ1n) is 8.46. The van der Waals surface area contributed by atoms with Crippen LogP contribution in [0.2, 0.25) is 0 Å². The standard InChI is InChI=1S/C22H10Br2O2S.2ClH.Zr/c23-19-9-11-7-15-13(21(11)25-19)3-1-5-17(15)27-18-6-2-4-14-16(18)8-12-10-20(24)26-22(12)14;;;/h1-8,21-22H;2*1H;/q-2;;;+4/p-2. The van der Waals surface area contributed by atoms with Crippen molar-refractivity contribution in [3.8, 4) is 0 Å². The number of rotatable bonds is 2. The molecule has 0 saturated carbocycles. The first-order valence-corrected chi connectivity index (χ1v) is 10.9. The molecular formula is C22H10Br2Cl2O2SZr. The van der Waals surface area contributed by atoms with Crippen molar-refractivity contribution < 1.29 is 60.5 Å². The van der Waals surface area contributed by atoms with Crippen LogP contribution in [-0.2, 0) is 35.7 Å². The fourth-order valence-electron chi connectivity index (χ4n) is 3.93. The van der Waals surface area contributed by atoms with E-state index < -0.39 is 0 Å². The van der Waals surface area contributed by atoms with Gasteiger partial charge in [0, 0.05) is 9.79 Å². The summed E-state index contributed by atoms with van der Waals surface area (Å²) >= 11 is 8.56. The second-order valence-corrected chi connectivity index (χ2v) is 9.14. The van der Waals surface area contributed by atoms with Crippen LogP contribution in [0.4, 0.5) is 0 Å². The molecule has 4 aliphatic rings. The van der Waals surface area contributed by atoms with E-state index in [2.05, 4.69) is 92.6 Å². The predicted octanol–water partition coefficient (Wildman–Crippen LogP) is 0.859. The molecule has 0 spiro atoms. The van der Waals surface area contributed by atoms with Gasteiger partial charge in [0.15, 0.2) is 0 Å². The Morgan fingerprint density at radius 1 is 0.733 bits per heavy atom. The third kappa shape index (κ3) is 3.86. The van der Waals surface area contributed by atoms with Gasteiger partial charge in [-0.05, 0) is 55.1 Å². The Balaban J connectivity index is 0.000000853. The van der Waals surface area contributed by atoms with Gasteiger partial charge in [-0.3, -0.25) is 0 Å². The largest absolute Gasteiger partial charge is 4.00 e. The normalized spacial score (nSPS) is 21.0. The molecule has 2 aliphatic carbocycles.